The lowest BCUT2D eigenvalue weighted by atomic mass is 10.2. The molecule has 0 aliphatic heterocycles. The summed E-state index contributed by atoms with van der Waals surface area (Å²) >= 11 is 5.97. The maximum Gasteiger partial charge on any atom is 0.325 e. The zero-order valence-corrected chi connectivity index (χ0v) is 8.16. The van der Waals surface area contributed by atoms with E-state index in [4.69, 9.17) is 11.6 Å². The van der Waals surface area contributed by atoms with Crippen LogP contribution in [0.4, 0.5) is 0 Å². The first-order valence-electron chi connectivity index (χ1n) is 4.24. The maximum atomic E-state index is 11.2. The molecule has 0 atom stereocenters. The number of nitrogens with zero attached hydrogens (tertiary/aromatic N) is 1. The van der Waals surface area contributed by atoms with Gasteiger partial charge in [0.1, 0.15) is 0 Å². The van der Waals surface area contributed by atoms with Crippen LogP contribution in [0.5, 0.6) is 0 Å². The van der Waals surface area contributed by atoms with Gasteiger partial charge in [0.15, 0.2) is 0 Å². The van der Waals surface area contributed by atoms with E-state index < -0.39 is 0 Å². The Morgan fingerprint density at radius 3 is 2.79 bits per heavy atom. The molecule has 0 fully saturated rings. The number of hydrogen-bond acceptors (Lipinski definition) is 1. The van der Waals surface area contributed by atoms with Gasteiger partial charge < -0.3 is 4.98 Å². The molecular weight excluding hydrogens is 200 g/mol. The van der Waals surface area contributed by atoms with Crippen LogP contribution in [0.3, 0.4) is 0 Å². The molecule has 1 aromatic carbocycles. The molecule has 1 N–H and O–H groups in total. The summed E-state index contributed by atoms with van der Waals surface area (Å²) in [5.41, 5.74) is 0.820. The molecule has 2 rings (SSSR count). The number of aromatic nitrogens is 2. The van der Waals surface area contributed by atoms with Crippen molar-refractivity contribution in [2.75, 3.05) is 0 Å². The fraction of sp³-hybridized carbons (Fsp3) is 0.100. The van der Waals surface area contributed by atoms with Crippen LogP contribution in [0.15, 0.2) is 41.5 Å². The number of rotatable bonds is 2. The van der Waals surface area contributed by atoms with E-state index in [1.54, 1.807) is 17.0 Å². The molecule has 0 amide bonds. The van der Waals surface area contributed by atoms with Crippen molar-refractivity contribution >= 4 is 11.6 Å². The first kappa shape index (κ1) is 9.09. The van der Waals surface area contributed by atoms with Crippen molar-refractivity contribution in [3.05, 3.63) is 57.7 Å². The van der Waals surface area contributed by atoms with Crippen molar-refractivity contribution in [2.45, 2.75) is 6.54 Å². The second kappa shape index (κ2) is 3.72. The summed E-state index contributed by atoms with van der Waals surface area (Å²) in [6, 6.07) is 7.49. The molecule has 0 aliphatic rings. The third kappa shape index (κ3) is 1.72. The standard InChI is InChI=1S/C10H9ClN2O/c11-9-4-2-1-3-8(9)7-13-6-5-12-10(13)14/h1-6H,7H2,(H,12,14). The summed E-state index contributed by atoms with van der Waals surface area (Å²) < 4.78 is 1.57. The summed E-state index contributed by atoms with van der Waals surface area (Å²) in [5.74, 6) is 0. The fourth-order valence-corrected chi connectivity index (χ4v) is 1.48. The average molecular weight is 209 g/mol. The van der Waals surface area contributed by atoms with E-state index in [1.807, 2.05) is 24.3 Å². The Morgan fingerprint density at radius 1 is 1.36 bits per heavy atom. The number of aromatic amines is 1. The molecule has 0 saturated heterocycles. The molecule has 0 radical (unpaired) electrons. The molecule has 0 saturated carbocycles. The van der Waals surface area contributed by atoms with Gasteiger partial charge in [-0.2, -0.15) is 0 Å². The van der Waals surface area contributed by atoms with E-state index in [-0.39, 0.29) is 5.69 Å². The van der Waals surface area contributed by atoms with Crippen molar-refractivity contribution in [1.29, 1.82) is 0 Å². The number of hydrogen-bond donors (Lipinski definition) is 1. The maximum absolute atomic E-state index is 11.2. The van der Waals surface area contributed by atoms with Crippen molar-refractivity contribution < 1.29 is 0 Å². The molecule has 0 spiro atoms. The van der Waals surface area contributed by atoms with Crippen LogP contribution in [0.2, 0.25) is 5.02 Å². The summed E-state index contributed by atoms with van der Waals surface area (Å²) in [4.78, 5) is 13.8. The molecule has 1 aromatic heterocycles. The van der Waals surface area contributed by atoms with Crippen LogP contribution in [-0.2, 0) is 6.54 Å². The number of H-pyrrole nitrogens is 1. The lowest BCUT2D eigenvalue weighted by Gasteiger charge is -2.03. The highest BCUT2D eigenvalue weighted by Crippen LogP contribution is 2.15. The third-order valence-corrected chi connectivity index (χ3v) is 2.39. The molecule has 0 bridgehead atoms. The number of halogens is 1. The molecule has 72 valence electrons. The van der Waals surface area contributed by atoms with E-state index in [0.717, 1.165) is 5.56 Å². The second-order valence-electron chi connectivity index (χ2n) is 2.98. The molecule has 0 unspecified atom stereocenters. The third-order valence-electron chi connectivity index (χ3n) is 2.02. The van der Waals surface area contributed by atoms with Crippen molar-refractivity contribution in [3.8, 4) is 0 Å². The highest BCUT2D eigenvalue weighted by molar-refractivity contribution is 6.31. The summed E-state index contributed by atoms with van der Waals surface area (Å²) in [6.45, 7) is 0.502. The quantitative estimate of drug-likeness (QED) is 0.804. The van der Waals surface area contributed by atoms with E-state index in [2.05, 4.69) is 4.98 Å². The molecule has 0 aliphatic carbocycles. The van der Waals surface area contributed by atoms with Gasteiger partial charge in [0, 0.05) is 17.4 Å². The minimum atomic E-state index is -0.120. The first-order chi connectivity index (χ1) is 6.77. The summed E-state index contributed by atoms with van der Waals surface area (Å²) in [6.07, 6.45) is 3.31. The van der Waals surface area contributed by atoms with Crippen LogP contribution >= 0.6 is 11.6 Å². The largest absolute Gasteiger partial charge is 0.325 e. The van der Waals surface area contributed by atoms with E-state index in [9.17, 15) is 4.79 Å². The van der Waals surface area contributed by atoms with Crippen LogP contribution < -0.4 is 5.69 Å². The van der Waals surface area contributed by atoms with Crippen molar-refractivity contribution in [2.24, 2.45) is 0 Å². The Balaban J connectivity index is 2.32. The van der Waals surface area contributed by atoms with Gasteiger partial charge in [0.2, 0.25) is 0 Å². The average Bonchev–Trinajstić information content (AvgIpc) is 2.56. The van der Waals surface area contributed by atoms with E-state index >= 15 is 0 Å². The predicted molar refractivity (Wildman–Crippen MR) is 55.6 cm³/mol. The van der Waals surface area contributed by atoms with Gasteiger partial charge in [-0.15, -0.1) is 0 Å². The van der Waals surface area contributed by atoms with Gasteiger partial charge >= 0.3 is 5.69 Å². The summed E-state index contributed by atoms with van der Waals surface area (Å²) in [5, 5.41) is 0.681. The van der Waals surface area contributed by atoms with Gasteiger partial charge in [0.05, 0.1) is 6.54 Å². The Bertz CT molecular complexity index is 487. The first-order valence-corrected chi connectivity index (χ1v) is 4.62. The lowest BCUT2D eigenvalue weighted by Crippen LogP contribution is -2.16. The minimum Gasteiger partial charge on any atom is -0.313 e. The zero-order valence-electron chi connectivity index (χ0n) is 7.40. The normalized spacial score (nSPS) is 10.4. The van der Waals surface area contributed by atoms with Gasteiger partial charge in [-0.3, -0.25) is 4.57 Å². The van der Waals surface area contributed by atoms with Crippen molar-refractivity contribution in [3.63, 3.8) is 0 Å². The SMILES string of the molecule is O=c1[nH]ccn1Cc1ccccc1Cl. The Hall–Kier alpha value is -1.48. The highest BCUT2D eigenvalue weighted by atomic mass is 35.5. The van der Waals surface area contributed by atoms with Gasteiger partial charge in [-0.05, 0) is 11.6 Å². The zero-order chi connectivity index (χ0) is 9.97. The van der Waals surface area contributed by atoms with E-state index in [1.165, 1.54) is 0 Å². The number of benzene rings is 1. The van der Waals surface area contributed by atoms with Gasteiger partial charge in [0.25, 0.3) is 0 Å². The van der Waals surface area contributed by atoms with Gasteiger partial charge in [-0.25, -0.2) is 4.79 Å². The topological polar surface area (TPSA) is 37.8 Å². The van der Waals surface area contributed by atoms with E-state index in [0.29, 0.717) is 11.6 Å². The Kier molecular flexibility index (Phi) is 2.41. The molecule has 2 aromatic rings. The predicted octanol–water partition coefficient (Wildman–Crippen LogP) is 1.88. The number of nitrogens with one attached hydrogen (secondary N) is 1. The molecule has 3 nitrogen and oxygen atoms in total. The fourth-order valence-electron chi connectivity index (χ4n) is 1.28. The van der Waals surface area contributed by atoms with Crippen LogP contribution in [0.25, 0.3) is 0 Å². The minimum absolute atomic E-state index is 0.120. The van der Waals surface area contributed by atoms with Gasteiger partial charge in [-0.1, -0.05) is 29.8 Å². The second-order valence-corrected chi connectivity index (χ2v) is 3.39. The van der Waals surface area contributed by atoms with Crippen molar-refractivity contribution in [1.82, 2.24) is 9.55 Å². The lowest BCUT2D eigenvalue weighted by molar-refractivity contribution is 0.762. The Labute approximate surface area is 86.0 Å². The van der Waals surface area contributed by atoms with Crippen LogP contribution in [0.1, 0.15) is 5.56 Å². The molecule has 4 heteroatoms. The van der Waals surface area contributed by atoms with Crippen LogP contribution in [0, 0.1) is 0 Å². The highest BCUT2D eigenvalue weighted by Gasteiger charge is 2.01. The number of imidazole rings is 1. The summed E-state index contributed by atoms with van der Waals surface area (Å²) in [7, 11) is 0. The smallest absolute Gasteiger partial charge is 0.313 e. The monoisotopic (exact) mass is 208 g/mol. The molecule has 1 heterocycles. The Morgan fingerprint density at radius 2 is 2.14 bits per heavy atom. The van der Waals surface area contributed by atoms with Crippen LogP contribution in [-0.4, -0.2) is 9.55 Å². The molecular formula is C10H9ClN2O. The molecule has 14 heavy (non-hydrogen) atoms.